The minimum Gasteiger partial charge on any atom is -0.508 e. The van der Waals surface area contributed by atoms with Gasteiger partial charge in [0.15, 0.2) is 0 Å². The number of fused-ring (bicyclic) bond motifs is 7. The fraction of sp³-hybridized carbons (Fsp3) is 0. The Kier molecular flexibility index (Phi) is 2.24. The molecule has 0 radical (unpaired) electrons. The number of aromatic hydroxyl groups is 2. The second-order valence-electron chi connectivity index (χ2n) is 5.79. The van der Waals surface area contributed by atoms with Gasteiger partial charge < -0.3 is 14.6 Å². The molecule has 23 heavy (non-hydrogen) atoms. The predicted octanol–water partition coefficient (Wildman–Crippen LogP) is 5.30. The molecule has 0 spiro atoms. The monoisotopic (exact) mass is 300 g/mol. The first-order valence-electron chi connectivity index (χ1n) is 7.40. The molecule has 0 aliphatic rings. The van der Waals surface area contributed by atoms with Gasteiger partial charge in [-0.1, -0.05) is 12.1 Å². The summed E-state index contributed by atoms with van der Waals surface area (Å²) in [5.41, 5.74) is 1.64. The van der Waals surface area contributed by atoms with E-state index in [0.29, 0.717) is 0 Å². The summed E-state index contributed by atoms with van der Waals surface area (Å²) < 4.78 is 6.00. The molecule has 0 saturated carbocycles. The maximum absolute atomic E-state index is 9.72. The van der Waals surface area contributed by atoms with Gasteiger partial charge in [0, 0.05) is 10.8 Å². The average Bonchev–Trinajstić information content (AvgIpc) is 2.93. The van der Waals surface area contributed by atoms with Crippen molar-refractivity contribution >= 4 is 43.5 Å². The molecule has 3 heteroatoms. The van der Waals surface area contributed by atoms with Crippen LogP contribution in [0.4, 0.5) is 0 Å². The van der Waals surface area contributed by atoms with Gasteiger partial charge in [-0.3, -0.25) is 0 Å². The van der Waals surface area contributed by atoms with Crippen LogP contribution in [0.15, 0.2) is 65.1 Å². The highest BCUT2D eigenvalue weighted by molar-refractivity contribution is 6.26. The van der Waals surface area contributed by atoms with Crippen molar-refractivity contribution in [2.45, 2.75) is 0 Å². The van der Waals surface area contributed by atoms with Crippen molar-refractivity contribution in [1.82, 2.24) is 0 Å². The van der Waals surface area contributed by atoms with E-state index in [9.17, 15) is 10.2 Å². The van der Waals surface area contributed by atoms with Crippen LogP contribution in [0, 0.1) is 0 Å². The third-order valence-corrected chi connectivity index (χ3v) is 4.40. The highest BCUT2D eigenvalue weighted by Crippen LogP contribution is 2.39. The highest BCUT2D eigenvalue weighted by atomic mass is 16.3. The van der Waals surface area contributed by atoms with E-state index >= 15 is 0 Å². The fourth-order valence-corrected chi connectivity index (χ4v) is 3.40. The zero-order valence-corrected chi connectivity index (χ0v) is 12.1. The quantitative estimate of drug-likeness (QED) is 0.408. The lowest BCUT2D eigenvalue weighted by Crippen LogP contribution is -1.77. The third kappa shape index (κ3) is 1.64. The minimum atomic E-state index is 0.249. The lowest BCUT2D eigenvalue weighted by molar-refractivity contribution is 0.475. The SMILES string of the molecule is Oc1ccc2c(ccc3oc4ccc5cc(O)ccc5c4c32)c1. The lowest BCUT2D eigenvalue weighted by atomic mass is 9.99. The van der Waals surface area contributed by atoms with Crippen LogP contribution in [-0.2, 0) is 0 Å². The molecule has 0 bridgehead atoms. The van der Waals surface area contributed by atoms with Gasteiger partial charge >= 0.3 is 0 Å². The van der Waals surface area contributed by atoms with E-state index in [2.05, 4.69) is 0 Å². The maximum Gasteiger partial charge on any atom is 0.136 e. The Labute approximate surface area is 131 Å². The average molecular weight is 300 g/mol. The molecule has 2 N–H and O–H groups in total. The number of hydrogen-bond donors (Lipinski definition) is 2. The van der Waals surface area contributed by atoms with E-state index in [1.165, 1.54) is 0 Å². The van der Waals surface area contributed by atoms with Gasteiger partial charge in [0.25, 0.3) is 0 Å². The summed E-state index contributed by atoms with van der Waals surface area (Å²) in [7, 11) is 0. The molecule has 0 fully saturated rings. The molecule has 3 nitrogen and oxygen atoms in total. The van der Waals surface area contributed by atoms with Gasteiger partial charge in [-0.15, -0.1) is 0 Å². The van der Waals surface area contributed by atoms with Crippen LogP contribution in [0.25, 0.3) is 43.5 Å². The zero-order chi connectivity index (χ0) is 15.6. The topological polar surface area (TPSA) is 53.6 Å². The second kappa shape index (κ2) is 4.17. The smallest absolute Gasteiger partial charge is 0.136 e. The first-order valence-corrected chi connectivity index (χ1v) is 7.40. The normalized spacial score (nSPS) is 11.8. The van der Waals surface area contributed by atoms with Crippen molar-refractivity contribution in [3.63, 3.8) is 0 Å². The molecule has 0 unspecified atom stereocenters. The van der Waals surface area contributed by atoms with E-state index in [1.54, 1.807) is 24.3 Å². The van der Waals surface area contributed by atoms with Gasteiger partial charge in [0.1, 0.15) is 22.7 Å². The molecule has 5 aromatic rings. The van der Waals surface area contributed by atoms with E-state index in [1.807, 2.05) is 36.4 Å². The van der Waals surface area contributed by atoms with Crippen LogP contribution >= 0.6 is 0 Å². The molecule has 0 aliphatic carbocycles. The van der Waals surface area contributed by atoms with Crippen molar-refractivity contribution in [2.75, 3.05) is 0 Å². The van der Waals surface area contributed by atoms with Crippen molar-refractivity contribution < 1.29 is 14.6 Å². The highest BCUT2D eigenvalue weighted by Gasteiger charge is 2.13. The molecular weight excluding hydrogens is 288 g/mol. The Morgan fingerprint density at radius 2 is 1.04 bits per heavy atom. The number of phenols is 2. The Balaban J connectivity index is 2.10. The Hall–Kier alpha value is -3.20. The molecular formula is C20H12O3. The Morgan fingerprint density at radius 1 is 0.565 bits per heavy atom. The maximum atomic E-state index is 9.72. The molecule has 0 amide bonds. The van der Waals surface area contributed by atoms with E-state index in [4.69, 9.17) is 4.42 Å². The summed E-state index contributed by atoms with van der Waals surface area (Å²) >= 11 is 0. The largest absolute Gasteiger partial charge is 0.508 e. The van der Waals surface area contributed by atoms with Gasteiger partial charge in [-0.2, -0.15) is 0 Å². The van der Waals surface area contributed by atoms with Gasteiger partial charge in [-0.05, 0) is 70.1 Å². The summed E-state index contributed by atoms with van der Waals surface area (Å²) in [5, 5.41) is 25.5. The number of hydrogen-bond acceptors (Lipinski definition) is 3. The van der Waals surface area contributed by atoms with E-state index in [0.717, 1.165) is 43.5 Å². The van der Waals surface area contributed by atoms with Crippen molar-refractivity contribution in [3.8, 4) is 11.5 Å². The molecule has 1 aromatic heterocycles. The molecule has 5 rings (SSSR count). The van der Waals surface area contributed by atoms with Crippen LogP contribution in [0.1, 0.15) is 0 Å². The first kappa shape index (κ1) is 12.4. The minimum absolute atomic E-state index is 0.249. The summed E-state index contributed by atoms with van der Waals surface area (Å²) in [6, 6.07) is 18.5. The van der Waals surface area contributed by atoms with Gasteiger partial charge in [0.2, 0.25) is 0 Å². The Morgan fingerprint density at radius 3 is 1.52 bits per heavy atom. The predicted molar refractivity (Wildman–Crippen MR) is 92.1 cm³/mol. The lowest BCUT2D eigenvalue weighted by Gasteiger charge is -2.03. The number of rotatable bonds is 0. The molecule has 4 aromatic carbocycles. The van der Waals surface area contributed by atoms with E-state index in [-0.39, 0.29) is 11.5 Å². The third-order valence-electron chi connectivity index (χ3n) is 4.40. The van der Waals surface area contributed by atoms with Crippen molar-refractivity contribution in [2.24, 2.45) is 0 Å². The Bertz CT molecular complexity index is 1140. The number of phenolic OH excluding ortho intramolecular Hbond substituents is 2. The molecule has 0 aliphatic heterocycles. The fourth-order valence-electron chi connectivity index (χ4n) is 3.40. The van der Waals surface area contributed by atoms with Crippen LogP contribution in [0.3, 0.4) is 0 Å². The first-order chi connectivity index (χ1) is 11.2. The van der Waals surface area contributed by atoms with Crippen LogP contribution in [-0.4, -0.2) is 10.2 Å². The zero-order valence-electron chi connectivity index (χ0n) is 12.1. The summed E-state index contributed by atoms with van der Waals surface area (Å²) in [6.07, 6.45) is 0. The van der Waals surface area contributed by atoms with Crippen LogP contribution in [0.5, 0.6) is 11.5 Å². The van der Waals surface area contributed by atoms with Crippen molar-refractivity contribution in [1.29, 1.82) is 0 Å². The van der Waals surface area contributed by atoms with Crippen molar-refractivity contribution in [3.05, 3.63) is 60.7 Å². The molecule has 0 atom stereocenters. The number of benzene rings is 4. The van der Waals surface area contributed by atoms with Gasteiger partial charge in [-0.25, -0.2) is 0 Å². The standard InChI is InChI=1S/C20H12O3/c21-13-3-5-15-11(9-13)1-7-17-19(15)20-16-6-4-14(22)10-12(16)2-8-18(20)23-17/h1-10,21-22H. The summed E-state index contributed by atoms with van der Waals surface area (Å²) in [4.78, 5) is 0. The van der Waals surface area contributed by atoms with Crippen LogP contribution < -0.4 is 0 Å². The van der Waals surface area contributed by atoms with E-state index < -0.39 is 0 Å². The second-order valence-corrected chi connectivity index (χ2v) is 5.79. The molecule has 0 saturated heterocycles. The van der Waals surface area contributed by atoms with Gasteiger partial charge in [0.05, 0.1) is 0 Å². The van der Waals surface area contributed by atoms with Crippen LogP contribution in [0.2, 0.25) is 0 Å². The summed E-state index contributed by atoms with van der Waals surface area (Å²) in [6.45, 7) is 0. The number of furan rings is 1. The molecule has 1 heterocycles. The summed E-state index contributed by atoms with van der Waals surface area (Å²) in [5.74, 6) is 0.499. The molecule has 110 valence electrons.